The number of aromatic nitrogens is 1. The number of pyridine rings is 1. The van der Waals surface area contributed by atoms with E-state index in [2.05, 4.69) is 10.3 Å². The molecular formula is C21H20ClFN2O2. The first-order valence-corrected chi connectivity index (χ1v) is 8.84. The molecule has 1 heterocycles. The molecule has 3 aromatic rings. The topological polar surface area (TPSA) is 51.2 Å². The molecule has 0 spiro atoms. The standard InChI is InChI=1S/C21H20ClFN2O2/c1-21(2,3)20(26)25-16-10-9-12(27-4)11-14(16)19-18(23)17(22)13-7-5-6-8-15(13)24-19/h5-11H,1-4H3,(H,25,26). The molecule has 0 saturated carbocycles. The fourth-order valence-electron chi connectivity index (χ4n) is 2.59. The number of benzene rings is 2. The zero-order valence-corrected chi connectivity index (χ0v) is 16.3. The highest BCUT2D eigenvalue weighted by Crippen LogP contribution is 2.37. The summed E-state index contributed by atoms with van der Waals surface area (Å²) in [5.41, 5.74) is 0.853. The van der Waals surface area contributed by atoms with Crippen LogP contribution in [0.1, 0.15) is 20.8 Å². The molecule has 4 nitrogen and oxygen atoms in total. The minimum atomic E-state index is -0.644. The molecule has 0 unspecified atom stereocenters. The Kier molecular flexibility index (Phi) is 5.07. The number of nitrogens with one attached hydrogen (secondary N) is 1. The summed E-state index contributed by atoms with van der Waals surface area (Å²) in [7, 11) is 1.52. The fourth-order valence-corrected chi connectivity index (χ4v) is 2.84. The SMILES string of the molecule is COc1ccc(NC(=O)C(C)(C)C)c(-c2nc3ccccc3c(Cl)c2F)c1. The Labute approximate surface area is 162 Å². The summed E-state index contributed by atoms with van der Waals surface area (Å²) in [6.07, 6.45) is 0. The first-order chi connectivity index (χ1) is 12.7. The summed E-state index contributed by atoms with van der Waals surface area (Å²) in [6, 6.07) is 12.1. The van der Waals surface area contributed by atoms with Gasteiger partial charge in [0.15, 0.2) is 5.82 Å². The number of hydrogen-bond donors (Lipinski definition) is 1. The first kappa shape index (κ1) is 19.1. The molecule has 0 aliphatic heterocycles. The lowest BCUT2D eigenvalue weighted by Crippen LogP contribution is -2.27. The summed E-state index contributed by atoms with van der Waals surface area (Å²) >= 11 is 6.25. The van der Waals surface area contributed by atoms with Gasteiger partial charge in [0.2, 0.25) is 5.91 Å². The third kappa shape index (κ3) is 3.74. The number of rotatable bonds is 3. The van der Waals surface area contributed by atoms with Gasteiger partial charge in [-0.3, -0.25) is 4.79 Å². The molecule has 0 bridgehead atoms. The lowest BCUT2D eigenvalue weighted by atomic mass is 9.95. The van der Waals surface area contributed by atoms with Crippen LogP contribution in [0.2, 0.25) is 5.02 Å². The van der Waals surface area contributed by atoms with Crippen molar-refractivity contribution >= 4 is 34.1 Å². The van der Waals surface area contributed by atoms with Crippen molar-refractivity contribution in [3.8, 4) is 17.0 Å². The zero-order chi connectivity index (χ0) is 19.8. The van der Waals surface area contributed by atoms with Crippen LogP contribution < -0.4 is 10.1 Å². The van der Waals surface area contributed by atoms with E-state index in [0.29, 0.717) is 27.9 Å². The smallest absolute Gasteiger partial charge is 0.229 e. The van der Waals surface area contributed by atoms with E-state index in [1.807, 2.05) is 0 Å². The molecule has 0 fully saturated rings. The number of carbonyl (C=O) groups is 1. The lowest BCUT2D eigenvalue weighted by Gasteiger charge is -2.20. The average Bonchev–Trinajstić information content (AvgIpc) is 2.64. The van der Waals surface area contributed by atoms with Gasteiger partial charge in [-0.25, -0.2) is 9.37 Å². The van der Waals surface area contributed by atoms with Crippen LogP contribution in [-0.4, -0.2) is 18.0 Å². The van der Waals surface area contributed by atoms with Gasteiger partial charge in [-0.15, -0.1) is 0 Å². The van der Waals surface area contributed by atoms with Gasteiger partial charge in [-0.2, -0.15) is 0 Å². The van der Waals surface area contributed by atoms with E-state index in [-0.39, 0.29) is 16.6 Å². The van der Waals surface area contributed by atoms with Crippen LogP contribution in [0, 0.1) is 11.2 Å². The van der Waals surface area contributed by atoms with E-state index in [4.69, 9.17) is 16.3 Å². The van der Waals surface area contributed by atoms with Crippen LogP contribution in [0.3, 0.4) is 0 Å². The molecule has 0 saturated heterocycles. The Morgan fingerprint density at radius 2 is 1.89 bits per heavy atom. The van der Waals surface area contributed by atoms with Crippen molar-refractivity contribution < 1.29 is 13.9 Å². The van der Waals surface area contributed by atoms with Gasteiger partial charge in [-0.05, 0) is 24.3 Å². The molecule has 3 rings (SSSR count). The zero-order valence-electron chi connectivity index (χ0n) is 15.6. The molecule has 2 aromatic carbocycles. The monoisotopic (exact) mass is 386 g/mol. The van der Waals surface area contributed by atoms with E-state index in [1.165, 1.54) is 7.11 Å². The van der Waals surface area contributed by atoms with Crippen LogP contribution >= 0.6 is 11.6 Å². The van der Waals surface area contributed by atoms with Gasteiger partial charge < -0.3 is 10.1 Å². The number of para-hydroxylation sites is 1. The number of fused-ring (bicyclic) bond motifs is 1. The van der Waals surface area contributed by atoms with Crippen LogP contribution in [-0.2, 0) is 4.79 Å². The third-order valence-electron chi connectivity index (χ3n) is 4.18. The second-order valence-electron chi connectivity index (χ2n) is 7.22. The van der Waals surface area contributed by atoms with E-state index in [0.717, 1.165) is 0 Å². The van der Waals surface area contributed by atoms with Crippen molar-refractivity contribution in [2.45, 2.75) is 20.8 Å². The number of carbonyl (C=O) groups excluding carboxylic acids is 1. The number of halogens is 2. The Morgan fingerprint density at radius 1 is 1.19 bits per heavy atom. The average molecular weight is 387 g/mol. The van der Waals surface area contributed by atoms with E-state index in [9.17, 15) is 4.79 Å². The second kappa shape index (κ2) is 7.16. The number of methoxy groups -OCH3 is 1. The van der Waals surface area contributed by atoms with Gasteiger partial charge in [0, 0.05) is 16.4 Å². The highest BCUT2D eigenvalue weighted by atomic mass is 35.5. The van der Waals surface area contributed by atoms with Gasteiger partial charge >= 0.3 is 0 Å². The maximum atomic E-state index is 15.1. The largest absolute Gasteiger partial charge is 0.497 e. The highest BCUT2D eigenvalue weighted by Gasteiger charge is 2.24. The summed E-state index contributed by atoms with van der Waals surface area (Å²) in [6.45, 7) is 5.41. The number of anilines is 1. The molecule has 1 N–H and O–H groups in total. The van der Waals surface area contributed by atoms with E-state index < -0.39 is 11.2 Å². The van der Waals surface area contributed by atoms with Gasteiger partial charge in [0.25, 0.3) is 0 Å². The molecule has 0 aliphatic rings. The van der Waals surface area contributed by atoms with Crippen molar-refractivity contribution in [1.29, 1.82) is 0 Å². The predicted octanol–water partition coefficient (Wildman–Crippen LogP) is 5.69. The molecule has 27 heavy (non-hydrogen) atoms. The number of hydrogen-bond acceptors (Lipinski definition) is 3. The first-order valence-electron chi connectivity index (χ1n) is 8.46. The third-order valence-corrected chi connectivity index (χ3v) is 4.55. The van der Waals surface area contributed by atoms with Crippen LogP contribution in [0.25, 0.3) is 22.2 Å². The van der Waals surface area contributed by atoms with Gasteiger partial charge in [0.05, 0.1) is 23.3 Å². The fraction of sp³-hybridized carbons (Fsp3) is 0.238. The molecule has 6 heteroatoms. The maximum absolute atomic E-state index is 15.1. The van der Waals surface area contributed by atoms with Crippen LogP contribution in [0.15, 0.2) is 42.5 Å². The molecular weight excluding hydrogens is 367 g/mol. The molecule has 140 valence electrons. The number of amides is 1. The minimum Gasteiger partial charge on any atom is -0.497 e. The summed E-state index contributed by atoms with van der Waals surface area (Å²) in [5.74, 6) is -0.319. The van der Waals surface area contributed by atoms with Crippen LogP contribution in [0.5, 0.6) is 5.75 Å². The molecule has 1 aromatic heterocycles. The molecule has 0 atom stereocenters. The van der Waals surface area contributed by atoms with Crippen molar-refractivity contribution in [2.24, 2.45) is 5.41 Å². The van der Waals surface area contributed by atoms with Crippen molar-refractivity contribution in [3.63, 3.8) is 0 Å². The number of ether oxygens (including phenoxy) is 1. The second-order valence-corrected chi connectivity index (χ2v) is 7.60. The summed E-state index contributed by atoms with van der Waals surface area (Å²) in [4.78, 5) is 16.9. The Hall–Kier alpha value is -2.66. The quantitative estimate of drug-likeness (QED) is 0.629. The van der Waals surface area contributed by atoms with Gasteiger partial charge in [-0.1, -0.05) is 50.6 Å². The van der Waals surface area contributed by atoms with Crippen molar-refractivity contribution in [2.75, 3.05) is 12.4 Å². The van der Waals surface area contributed by atoms with E-state index in [1.54, 1.807) is 63.2 Å². The normalized spacial score (nSPS) is 11.5. The van der Waals surface area contributed by atoms with Crippen molar-refractivity contribution in [3.05, 3.63) is 53.3 Å². The lowest BCUT2D eigenvalue weighted by molar-refractivity contribution is -0.123. The van der Waals surface area contributed by atoms with Gasteiger partial charge in [0.1, 0.15) is 11.4 Å². The summed E-state index contributed by atoms with van der Waals surface area (Å²) in [5, 5.41) is 3.37. The predicted molar refractivity (Wildman–Crippen MR) is 107 cm³/mol. The Bertz CT molecular complexity index is 1030. The van der Waals surface area contributed by atoms with Crippen LogP contribution in [0.4, 0.5) is 10.1 Å². The molecule has 0 radical (unpaired) electrons. The van der Waals surface area contributed by atoms with E-state index >= 15 is 4.39 Å². The minimum absolute atomic E-state index is 0.00785. The Morgan fingerprint density at radius 3 is 2.56 bits per heavy atom. The summed E-state index contributed by atoms with van der Waals surface area (Å²) < 4.78 is 20.3. The molecule has 0 aliphatic carbocycles. The molecule has 1 amide bonds. The Balaban J connectivity index is 2.22. The highest BCUT2D eigenvalue weighted by molar-refractivity contribution is 6.35. The van der Waals surface area contributed by atoms with Crippen molar-refractivity contribution in [1.82, 2.24) is 4.98 Å². The maximum Gasteiger partial charge on any atom is 0.229 e. The number of nitrogens with zero attached hydrogens (tertiary/aromatic N) is 1.